The van der Waals surface area contributed by atoms with Crippen LogP contribution in [0.2, 0.25) is 0 Å². The number of carbonyl (C=O) groups is 2. The van der Waals surface area contributed by atoms with Gasteiger partial charge in [0.15, 0.2) is 0 Å². The molecule has 0 aromatic heterocycles. The van der Waals surface area contributed by atoms with Gasteiger partial charge in [0.05, 0.1) is 12.1 Å². The van der Waals surface area contributed by atoms with E-state index in [2.05, 4.69) is 16.8 Å². The molecule has 2 amide bonds. The molecule has 5 heteroatoms. The summed E-state index contributed by atoms with van der Waals surface area (Å²) in [5.41, 5.74) is 3.95. The first-order valence-electron chi connectivity index (χ1n) is 10.6. The number of hydrogen-bond acceptors (Lipinski definition) is 4. The largest absolute Gasteiger partial charge is 0.366 e. The molecule has 1 fully saturated rings. The lowest BCUT2D eigenvalue weighted by atomic mass is 9.99. The third kappa shape index (κ3) is 3.90. The van der Waals surface area contributed by atoms with E-state index in [1.54, 1.807) is 0 Å². The van der Waals surface area contributed by atoms with Crippen LogP contribution < -0.4 is 0 Å². The predicted molar refractivity (Wildman–Crippen MR) is 118 cm³/mol. The molecule has 2 aromatic carbocycles. The minimum Gasteiger partial charge on any atom is -0.366 e. The smallest absolute Gasteiger partial charge is 0.278 e. The maximum atomic E-state index is 13.5. The van der Waals surface area contributed by atoms with Gasteiger partial charge in [-0.05, 0) is 51.0 Å². The number of likely N-dealkylation sites (N-methyl/N-ethyl adjacent to an activating group) is 1. The Bertz CT molecular complexity index is 958. The van der Waals surface area contributed by atoms with Crippen LogP contribution in [0.5, 0.6) is 0 Å². The second-order valence-electron chi connectivity index (χ2n) is 8.42. The van der Waals surface area contributed by atoms with Crippen LogP contribution in [0.1, 0.15) is 29.5 Å². The lowest BCUT2D eigenvalue weighted by Gasteiger charge is -2.36. The quantitative estimate of drug-likeness (QED) is 0.719. The fourth-order valence-electron chi connectivity index (χ4n) is 4.35. The van der Waals surface area contributed by atoms with Crippen LogP contribution in [0.3, 0.4) is 0 Å². The van der Waals surface area contributed by atoms with Crippen molar-refractivity contribution < 1.29 is 9.59 Å². The SMILES string of the molecule is Cc1ccc(C2=C(N(C)C3CCN(C)CC3)C(=O)N(Cc3ccccc3)C2=O)cc1. The van der Waals surface area contributed by atoms with Crippen molar-refractivity contribution in [3.8, 4) is 0 Å². The summed E-state index contributed by atoms with van der Waals surface area (Å²) in [5.74, 6) is -0.400. The Morgan fingerprint density at radius 3 is 2.20 bits per heavy atom. The second-order valence-corrected chi connectivity index (χ2v) is 8.42. The van der Waals surface area contributed by atoms with E-state index in [0.29, 0.717) is 17.8 Å². The van der Waals surface area contributed by atoms with Gasteiger partial charge in [-0.2, -0.15) is 0 Å². The maximum Gasteiger partial charge on any atom is 0.278 e. The van der Waals surface area contributed by atoms with Gasteiger partial charge in [-0.1, -0.05) is 60.2 Å². The number of amides is 2. The number of aryl methyl sites for hydroxylation is 1. The molecule has 30 heavy (non-hydrogen) atoms. The van der Waals surface area contributed by atoms with Gasteiger partial charge >= 0.3 is 0 Å². The Labute approximate surface area is 178 Å². The second kappa shape index (κ2) is 8.44. The van der Waals surface area contributed by atoms with Crippen LogP contribution in [0.15, 0.2) is 60.3 Å². The number of carbonyl (C=O) groups excluding carboxylic acids is 2. The van der Waals surface area contributed by atoms with Gasteiger partial charge in [-0.15, -0.1) is 0 Å². The molecule has 0 aliphatic carbocycles. The highest BCUT2D eigenvalue weighted by Gasteiger charge is 2.42. The molecular weight excluding hydrogens is 374 g/mol. The van der Waals surface area contributed by atoms with E-state index in [4.69, 9.17) is 0 Å². The molecule has 5 nitrogen and oxygen atoms in total. The van der Waals surface area contributed by atoms with Crippen LogP contribution in [0, 0.1) is 6.92 Å². The average Bonchev–Trinajstić information content (AvgIpc) is 3.00. The van der Waals surface area contributed by atoms with Gasteiger partial charge in [0.2, 0.25) is 0 Å². The van der Waals surface area contributed by atoms with E-state index in [1.807, 2.05) is 68.6 Å². The van der Waals surface area contributed by atoms with Crippen LogP contribution in [0.4, 0.5) is 0 Å². The molecule has 0 saturated carbocycles. The molecule has 0 N–H and O–H groups in total. The predicted octanol–water partition coefficient (Wildman–Crippen LogP) is 3.30. The zero-order chi connectivity index (χ0) is 21.3. The Morgan fingerprint density at radius 2 is 1.57 bits per heavy atom. The molecule has 156 valence electrons. The molecule has 4 rings (SSSR count). The summed E-state index contributed by atoms with van der Waals surface area (Å²) in [6.45, 7) is 4.31. The topological polar surface area (TPSA) is 43.9 Å². The van der Waals surface area contributed by atoms with Crippen LogP contribution in [-0.2, 0) is 16.1 Å². The monoisotopic (exact) mass is 403 g/mol. The minimum atomic E-state index is -0.206. The summed E-state index contributed by atoms with van der Waals surface area (Å²) in [7, 11) is 4.09. The number of nitrogens with zero attached hydrogens (tertiary/aromatic N) is 3. The molecular formula is C25H29N3O2. The lowest BCUT2D eigenvalue weighted by molar-refractivity contribution is -0.138. The molecule has 2 aliphatic rings. The number of hydrogen-bond donors (Lipinski definition) is 0. The summed E-state index contributed by atoms with van der Waals surface area (Å²) < 4.78 is 0. The minimum absolute atomic E-state index is 0.194. The first kappa shape index (κ1) is 20.4. The van der Waals surface area contributed by atoms with Crippen molar-refractivity contribution in [3.63, 3.8) is 0 Å². The van der Waals surface area contributed by atoms with E-state index >= 15 is 0 Å². The van der Waals surface area contributed by atoms with E-state index in [0.717, 1.165) is 42.6 Å². The Morgan fingerprint density at radius 1 is 0.933 bits per heavy atom. The zero-order valence-corrected chi connectivity index (χ0v) is 18.0. The maximum absolute atomic E-state index is 13.5. The first-order chi connectivity index (χ1) is 14.5. The fraction of sp³-hybridized carbons (Fsp3) is 0.360. The van der Waals surface area contributed by atoms with Crippen molar-refractivity contribution in [3.05, 3.63) is 77.0 Å². The van der Waals surface area contributed by atoms with E-state index in [-0.39, 0.29) is 17.9 Å². The highest BCUT2D eigenvalue weighted by molar-refractivity contribution is 6.35. The Hall–Kier alpha value is -2.92. The Balaban J connectivity index is 1.71. The molecule has 2 heterocycles. The summed E-state index contributed by atoms with van der Waals surface area (Å²) >= 11 is 0. The lowest BCUT2D eigenvalue weighted by Crippen LogP contribution is -2.43. The first-order valence-corrected chi connectivity index (χ1v) is 10.6. The normalized spacial score (nSPS) is 18.4. The van der Waals surface area contributed by atoms with Crippen molar-refractivity contribution in [2.75, 3.05) is 27.2 Å². The third-order valence-electron chi connectivity index (χ3n) is 6.26. The number of benzene rings is 2. The van der Waals surface area contributed by atoms with Crippen molar-refractivity contribution in [1.82, 2.24) is 14.7 Å². The molecule has 0 unspecified atom stereocenters. The zero-order valence-electron chi connectivity index (χ0n) is 18.0. The van der Waals surface area contributed by atoms with Crippen LogP contribution in [0.25, 0.3) is 5.57 Å². The van der Waals surface area contributed by atoms with E-state index in [9.17, 15) is 9.59 Å². The number of likely N-dealkylation sites (tertiary alicyclic amines) is 1. The highest BCUT2D eigenvalue weighted by Crippen LogP contribution is 2.34. The van der Waals surface area contributed by atoms with Crippen molar-refractivity contribution in [2.45, 2.75) is 32.4 Å². The number of piperidine rings is 1. The number of rotatable bonds is 5. The van der Waals surface area contributed by atoms with Crippen LogP contribution >= 0.6 is 0 Å². The van der Waals surface area contributed by atoms with Gasteiger partial charge in [0, 0.05) is 13.1 Å². The van der Waals surface area contributed by atoms with Crippen molar-refractivity contribution in [2.24, 2.45) is 0 Å². The van der Waals surface area contributed by atoms with E-state index < -0.39 is 0 Å². The Kier molecular flexibility index (Phi) is 5.73. The molecule has 1 saturated heterocycles. The molecule has 0 radical (unpaired) electrons. The summed E-state index contributed by atoms with van der Waals surface area (Å²) in [5, 5.41) is 0. The molecule has 0 bridgehead atoms. The summed E-state index contributed by atoms with van der Waals surface area (Å²) in [6.07, 6.45) is 1.97. The molecule has 0 spiro atoms. The van der Waals surface area contributed by atoms with Crippen LogP contribution in [-0.4, -0.2) is 59.7 Å². The number of imide groups is 1. The third-order valence-corrected chi connectivity index (χ3v) is 6.26. The van der Waals surface area contributed by atoms with Crippen molar-refractivity contribution >= 4 is 17.4 Å². The van der Waals surface area contributed by atoms with Crippen molar-refractivity contribution in [1.29, 1.82) is 0 Å². The fourth-order valence-corrected chi connectivity index (χ4v) is 4.35. The van der Waals surface area contributed by atoms with Gasteiger partial charge in [0.1, 0.15) is 5.70 Å². The van der Waals surface area contributed by atoms with E-state index in [1.165, 1.54) is 4.90 Å². The average molecular weight is 404 g/mol. The van der Waals surface area contributed by atoms with Gasteiger partial charge in [-0.3, -0.25) is 14.5 Å². The highest BCUT2D eigenvalue weighted by atomic mass is 16.2. The molecule has 0 atom stereocenters. The molecule has 2 aliphatic heterocycles. The summed E-state index contributed by atoms with van der Waals surface area (Å²) in [6, 6.07) is 17.8. The summed E-state index contributed by atoms with van der Waals surface area (Å²) in [4.78, 5) is 32.7. The van der Waals surface area contributed by atoms with Gasteiger partial charge in [-0.25, -0.2) is 0 Å². The molecule has 2 aromatic rings. The van der Waals surface area contributed by atoms with Gasteiger partial charge in [0.25, 0.3) is 11.8 Å². The standard InChI is InChI=1S/C25H29N3O2/c1-18-9-11-20(12-10-18)22-23(27(3)21-13-15-26(2)16-14-21)25(30)28(24(22)29)17-19-7-5-4-6-8-19/h4-12,21H,13-17H2,1-3H3. The van der Waals surface area contributed by atoms with Gasteiger partial charge < -0.3 is 9.80 Å².